The predicted octanol–water partition coefficient (Wildman–Crippen LogP) is 1.80. The summed E-state index contributed by atoms with van der Waals surface area (Å²) in [5, 5.41) is 4.53. The Kier molecular flexibility index (Phi) is 4.75. The number of aryl methyl sites for hydroxylation is 1. The third kappa shape index (κ3) is 3.08. The Hall–Kier alpha value is -2.44. The molecule has 0 saturated heterocycles. The number of carbonyl (C=O) groups excluding carboxylic acids is 2. The van der Waals surface area contributed by atoms with Crippen LogP contribution in [0.4, 0.5) is 0 Å². The molecule has 7 heteroatoms. The molecule has 0 aliphatic heterocycles. The summed E-state index contributed by atoms with van der Waals surface area (Å²) >= 11 is 0. The van der Waals surface area contributed by atoms with Crippen LogP contribution in [0.1, 0.15) is 29.9 Å². The molecular weight excluding hydrogens is 286 g/mol. The zero-order chi connectivity index (χ0) is 16.3. The summed E-state index contributed by atoms with van der Waals surface area (Å²) < 4.78 is 9.73. The summed E-state index contributed by atoms with van der Waals surface area (Å²) in [7, 11) is 1.34. The molecule has 2 aromatic heterocycles. The Morgan fingerprint density at radius 3 is 2.82 bits per heavy atom. The van der Waals surface area contributed by atoms with Gasteiger partial charge in [0.05, 0.1) is 29.7 Å². The molecule has 0 aliphatic rings. The molecule has 0 bridgehead atoms. The number of rotatable bonds is 5. The molecule has 2 aromatic rings. The van der Waals surface area contributed by atoms with Crippen molar-refractivity contribution >= 4 is 23.0 Å². The normalized spacial score (nSPS) is 12.2. The van der Waals surface area contributed by atoms with Crippen molar-refractivity contribution in [2.75, 3.05) is 20.2 Å². The van der Waals surface area contributed by atoms with E-state index < -0.39 is 0 Å². The van der Waals surface area contributed by atoms with Crippen molar-refractivity contribution in [1.82, 2.24) is 15.0 Å². The summed E-state index contributed by atoms with van der Waals surface area (Å²) in [6.45, 7) is 6.16. The highest BCUT2D eigenvalue weighted by Gasteiger charge is 2.22. The van der Waals surface area contributed by atoms with E-state index in [9.17, 15) is 9.59 Å². The number of nitrogens with zero attached hydrogens (tertiary/aromatic N) is 3. The Labute approximate surface area is 128 Å². The molecule has 1 atom stereocenters. The molecule has 118 valence electrons. The number of hydrogen-bond acceptors (Lipinski definition) is 6. The van der Waals surface area contributed by atoms with E-state index in [0.29, 0.717) is 35.4 Å². The first kappa shape index (κ1) is 15.9. The van der Waals surface area contributed by atoms with Crippen molar-refractivity contribution < 1.29 is 18.8 Å². The van der Waals surface area contributed by atoms with Crippen LogP contribution in [0.5, 0.6) is 0 Å². The van der Waals surface area contributed by atoms with Crippen LogP contribution in [0, 0.1) is 12.8 Å². The summed E-state index contributed by atoms with van der Waals surface area (Å²) in [6.07, 6.45) is 1.46. The Morgan fingerprint density at radius 1 is 1.45 bits per heavy atom. The van der Waals surface area contributed by atoms with E-state index in [1.54, 1.807) is 24.8 Å². The Bertz CT molecular complexity index is 695. The van der Waals surface area contributed by atoms with Gasteiger partial charge in [0.2, 0.25) is 0 Å². The van der Waals surface area contributed by atoms with Gasteiger partial charge in [0.25, 0.3) is 11.6 Å². The second kappa shape index (κ2) is 6.55. The lowest BCUT2D eigenvalue weighted by Gasteiger charge is -2.23. The molecule has 2 rings (SSSR count). The summed E-state index contributed by atoms with van der Waals surface area (Å²) in [5.41, 5.74) is 1.53. The topological polar surface area (TPSA) is 85.5 Å². The molecule has 0 saturated carbocycles. The standard InChI is InChI=1S/C15H19N3O4/c1-5-18(8-9(2)15(20)21-4)14(19)11-6-12-10(3)17-22-13(12)16-7-11/h6-7,9H,5,8H2,1-4H3. The first-order chi connectivity index (χ1) is 10.5. The minimum atomic E-state index is -0.386. The van der Waals surface area contributed by atoms with Crippen molar-refractivity contribution in [3.05, 3.63) is 23.5 Å². The second-order valence-corrected chi connectivity index (χ2v) is 5.11. The van der Waals surface area contributed by atoms with E-state index >= 15 is 0 Å². The number of fused-ring (bicyclic) bond motifs is 1. The molecule has 2 heterocycles. The van der Waals surface area contributed by atoms with E-state index in [-0.39, 0.29) is 17.8 Å². The zero-order valence-corrected chi connectivity index (χ0v) is 13.1. The average molecular weight is 305 g/mol. The van der Waals surface area contributed by atoms with E-state index in [2.05, 4.69) is 10.1 Å². The van der Waals surface area contributed by atoms with Crippen molar-refractivity contribution in [2.24, 2.45) is 5.92 Å². The molecule has 1 amide bonds. The smallest absolute Gasteiger partial charge is 0.310 e. The second-order valence-electron chi connectivity index (χ2n) is 5.11. The van der Waals surface area contributed by atoms with Crippen molar-refractivity contribution in [3.8, 4) is 0 Å². The summed E-state index contributed by atoms with van der Waals surface area (Å²) in [6, 6.07) is 1.71. The van der Waals surface area contributed by atoms with Crippen LogP contribution in [-0.4, -0.2) is 47.1 Å². The van der Waals surface area contributed by atoms with Gasteiger partial charge in [-0.15, -0.1) is 0 Å². The number of methoxy groups -OCH3 is 1. The van der Waals surface area contributed by atoms with E-state index in [1.165, 1.54) is 13.3 Å². The molecule has 1 unspecified atom stereocenters. The van der Waals surface area contributed by atoms with Gasteiger partial charge in [0.15, 0.2) is 0 Å². The first-order valence-corrected chi connectivity index (χ1v) is 7.07. The van der Waals surface area contributed by atoms with Gasteiger partial charge in [0, 0.05) is 19.3 Å². The van der Waals surface area contributed by atoms with E-state index in [1.807, 2.05) is 6.92 Å². The maximum Gasteiger partial charge on any atom is 0.310 e. The van der Waals surface area contributed by atoms with Gasteiger partial charge in [-0.3, -0.25) is 9.59 Å². The van der Waals surface area contributed by atoms with E-state index in [0.717, 1.165) is 0 Å². The van der Waals surface area contributed by atoms with Crippen LogP contribution in [0.15, 0.2) is 16.8 Å². The molecule has 0 aliphatic carbocycles. The maximum atomic E-state index is 12.6. The first-order valence-electron chi connectivity index (χ1n) is 7.07. The largest absolute Gasteiger partial charge is 0.469 e. The van der Waals surface area contributed by atoms with Crippen LogP contribution in [0.3, 0.4) is 0 Å². The maximum absolute atomic E-state index is 12.6. The van der Waals surface area contributed by atoms with Gasteiger partial charge in [-0.25, -0.2) is 4.98 Å². The number of carbonyl (C=O) groups is 2. The molecule has 0 fully saturated rings. The zero-order valence-electron chi connectivity index (χ0n) is 13.1. The van der Waals surface area contributed by atoms with Crippen LogP contribution >= 0.6 is 0 Å². The Balaban J connectivity index is 2.22. The highest BCUT2D eigenvalue weighted by Crippen LogP contribution is 2.18. The molecular formula is C15H19N3O4. The number of pyridine rings is 1. The Morgan fingerprint density at radius 2 is 2.18 bits per heavy atom. The quantitative estimate of drug-likeness (QED) is 0.783. The number of aromatic nitrogens is 2. The van der Waals surface area contributed by atoms with Gasteiger partial charge in [0.1, 0.15) is 0 Å². The highest BCUT2D eigenvalue weighted by atomic mass is 16.5. The minimum absolute atomic E-state index is 0.187. The van der Waals surface area contributed by atoms with Crippen molar-refractivity contribution in [3.63, 3.8) is 0 Å². The molecule has 0 aromatic carbocycles. The fraction of sp³-hybridized carbons (Fsp3) is 0.467. The lowest BCUT2D eigenvalue weighted by Crippen LogP contribution is -2.37. The van der Waals surface area contributed by atoms with Crippen molar-refractivity contribution in [2.45, 2.75) is 20.8 Å². The summed E-state index contributed by atoms with van der Waals surface area (Å²) in [4.78, 5) is 29.8. The van der Waals surface area contributed by atoms with Gasteiger partial charge in [-0.2, -0.15) is 0 Å². The van der Waals surface area contributed by atoms with Gasteiger partial charge in [-0.1, -0.05) is 12.1 Å². The number of ether oxygens (including phenoxy) is 1. The third-order valence-corrected chi connectivity index (χ3v) is 3.52. The lowest BCUT2D eigenvalue weighted by atomic mass is 10.1. The molecule has 0 N–H and O–H groups in total. The van der Waals surface area contributed by atoms with Crippen LogP contribution in [-0.2, 0) is 9.53 Å². The monoisotopic (exact) mass is 305 g/mol. The average Bonchev–Trinajstić information content (AvgIpc) is 2.91. The molecule has 22 heavy (non-hydrogen) atoms. The van der Waals surface area contributed by atoms with Gasteiger partial charge < -0.3 is 14.2 Å². The van der Waals surface area contributed by atoms with Gasteiger partial charge in [-0.05, 0) is 19.9 Å². The van der Waals surface area contributed by atoms with Gasteiger partial charge >= 0.3 is 5.97 Å². The lowest BCUT2D eigenvalue weighted by molar-refractivity contribution is -0.145. The predicted molar refractivity (Wildman–Crippen MR) is 79.3 cm³/mol. The number of hydrogen-bond donors (Lipinski definition) is 0. The SMILES string of the molecule is CCN(CC(C)C(=O)OC)C(=O)c1cnc2onc(C)c2c1. The highest BCUT2D eigenvalue weighted by molar-refractivity contribution is 5.97. The van der Waals surface area contributed by atoms with E-state index in [4.69, 9.17) is 9.26 Å². The molecule has 0 radical (unpaired) electrons. The fourth-order valence-electron chi connectivity index (χ4n) is 2.21. The third-order valence-electron chi connectivity index (χ3n) is 3.52. The number of esters is 1. The number of amides is 1. The minimum Gasteiger partial charge on any atom is -0.469 e. The fourth-order valence-corrected chi connectivity index (χ4v) is 2.21. The van der Waals surface area contributed by atoms with Crippen LogP contribution in [0.2, 0.25) is 0 Å². The van der Waals surface area contributed by atoms with Crippen LogP contribution in [0.25, 0.3) is 11.1 Å². The van der Waals surface area contributed by atoms with Crippen LogP contribution < -0.4 is 0 Å². The summed E-state index contributed by atoms with van der Waals surface area (Å²) in [5.74, 6) is -0.911. The molecule has 0 spiro atoms. The molecule has 7 nitrogen and oxygen atoms in total. The van der Waals surface area contributed by atoms with Crippen molar-refractivity contribution in [1.29, 1.82) is 0 Å².